The van der Waals surface area contributed by atoms with E-state index in [9.17, 15) is 4.79 Å². The predicted molar refractivity (Wildman–Crippen MR) is 137 cm³/mol. The lowest BCUT2D eigenvalue weighted by Gasteiger charge is -2.35. The van der Waals surface area contributed by atoms with Gasteiger partial charge in [0.15, 0.2) is 5.96 Å². The summed E-state index contributed by atoms with van der Waals surface area (Å²) in [6, 6.07) is 16.2. The Kier molecular flexibility index (Phi) is 10.6. The maximum absolute atomic E-state index is 12.6. The number of hydrogen-bond donors (Lipinski definition) is 1. The van der Waals surface area contributed by atoms with Gasteiger partial charge in [-0.15, -0.1) is 24.0 Å². The third-order valence-corrected chi connectivity index (χ3v) is 5.15. The fraction of sp³-hybridized carbons (Fsp3) is 0.435. The van der Waals surface area contributed by atoms with Crippen molar-refractivity contribution >= 4 is 41.7 Å². The highest BCUT2D eigenvalue weighted by Crippen LogP contribution is 2.13. The molecule has 2 aromatic rings. The van der Waals surface area contributed by atoms with Crippen molar-refractivity contribution in [2.45, 2.75) is 19.9 Å². The fourth-order valence-electron chi connectivity index (χ4n) is 3.54. The van der Waals surface area contributed by atoms with E-state index in [0.717, 1.165) is 51.0 Å². The van der Waals surface area contributed by atoms with E-state index in [-0.39, 0.29) is 29.9 Å². The lowest BCUT2D eigenvalue weighted by molar-refractivity contribution is -0.131. The van der Waals surface area contributed by atoms with Gasteiger partial charge in [0, 0.05) is 58.9 Å². The number of nitrogens with zero attached hydrogens (tertiary/aromatic N) is 5. The maximum Gasteiger partial charge on any atom is 0.224 e. The molecule has 2 heterocycles. The fourth-order valence-corrected chi connectivity index (χ4v) is 3.54. The number of anilines is 1. The van der Waals surface area contributed by atoms with Crippen LogP contribution in [0.1, 0.15) is 18.9 Å². The van der Waals surface area contributed by atoms with E-state index in [1.165, 1.54) is 5.56 Å². The van der Waals surface area contributed by atoms with Gasteiger partial charge in [0.2, 0.25) is 5.91 Å². The number of pyridine rings is 1. The minimum absolute atomic E-state index is 0. The maximum atomic E-state index is 12.6. The van der Waals surface area contributed by atoms with Gasteiger partial charge in [-0.2, -0.15) is 0 Å². The molecule has 0 radical (unpaired) electrons. The van der Waals surface area contributed by atoms with Gasteiger partial charge in [-0.05, 0) is 24.6 Å². The lowest BCUT2D eigenvalue weighted by atomic mass is 10.2. The summed E-state index contributed by atoms with van der Waals surface area (Å²) in [5, 5.41) is 3.32. The van der Waals surface area contributed by atoms with Crippen molar-refractivity contribution in [3.05, 3.63) is 60.3 Å². The molecular weight excluding hydrogens is 503 g/mol. The Balaban J connectivity index is 0.00000341. The summed E-state index contributed by atoms with van der Waals surface area (Å²) < 4.78 is 0. The normalized spacial score (nSPS) is 14.1. The highest BCUT2D eigenvalue weighted by atomic mass is 127. The summed E-state index contributed by atoms with van der Waals surface area (Å²) in [4.78, 5) is 28.0. The molecule has 0 aliphatic carbocycles. The van der Waals surface area contributed by atoms with Crippen LogP contribution in [0, 0.1) is 0 Å². The molecule has 3 rings (SSSR count). The summed E-state index contributed by atoms with van der Waals surface area (Å²) in [6.45, 7) is 7.19. The SMILES string of the molecule is CCNC(=NCCC(=O)N1CCN(c2ccccn2)CC1)N(C)Cc1ccccc1.I. The highest BCUT2D eigenvalue weighted by Gasteiger charge is 2.21. The average Bonchev–Trinajstić information content (AvgIpc) is 2.79. The number of piperazine rings is 1. The minimum Gasteiger partial charge on any atom is -0.357 e. The Bertz CT molecular complexity index is 809. The second kappa shape index (κ2) is 13.1. The van der Waals surface area contributed by atoms with Crippen molar-refractivity contribution in [3.8, 4) is 0 Å². The number of halogens is 1. The highest BCUT2D eigenvalue weighted by molar-refractivity contribution is 14.0. The number of aromatic nitrogens is 1. The molecule has 1 fully saturated rings. The summed E-state index contributed by atoms with van der Waals surface area (Å²) in [7, 11) is 2.02. The molecular formula is C23H33IN6O. The number of aliphatic imine (C=N–C) groups is 1. The third-order valence-electron chi connectivity index (χ3n) is 5.15. The molecule has 1 amide bonds. The average molecular weight is 536 g/mol. The summed E-state index contributed by atoms with van der Waals surface area (Å²) in [5.41, 5.74) is 1.23. The van der Waals surface area contributed by atoms with Crippen LogP contribution in [0.25, 0.3) is 0 Å². The van der Waals surface area contributed by atoms with Crippen molar-refractivity contribution in [2.24, 2.45) is 4.99 Å². The standard InChI is InChI=1S/C23H32N6O.HI/c1-3-24-23(27(2)19-20-9-5-4-6-10-20)26-14-12-22(30)29-17-15-28(16-18-29)21-11-7-8-13-25-21;/h4-11,13H,3,12,14-19H2,1-2H3,(H,24,26);1H. The number of carbonyl (C=O) groups is 1. The van der Waals surface area contributed by atoms with Gasteiger partial charge in [-0.25, -0.2) is 4.98 Å². The Morgan fingerprint density at radius 1 is 1.10 bits per heavy atom. The first-order chi connectivity index (χ1) is 14.7. The molecule has 1 aliphatic rings. The molecule has 0 saturated carbocycles. The topological polar surface area (TPSA) is 64.1 Å². The van der Waals surface area contributed by atoms with Gasteiger partial charge >= 0.3 is 0 Å². The number of carbonyl (C=O) groups excluding carboxylic acids is 1. The number of benzene rings is 1. The first kappa shape index (κ1) is 24.9. The van der Waals surface area contributed by atoms with E-state index in [0.29, 0.717) is 13.0 Å². The van der Waals surface area contributed by atoms with Crippen LogP contribution < -0.4 is 10.2 Å². The molecule has 0 atom stereocenters. The largest absolute Gasteiger partial charge is 0.357 e. The van der Waals surface area contributed by atoms with Crippen molar-refractivity contribution in [1.82, 2.24) is 20.1 Å². The molecule has 1 N–H and O–H groups in total. The van der Waals surface area contributed by atoms with Crippen LogP contribution in [0.5, 0.6) is 0 Å². The zero-order valence-corrected chi connectivity index (χ0v) is 20.7. The molecule has 168 valence electrons. The molecule has 0 spiro atoms. The van der Waals surface area contributed by atoms with E-state index < -0.39 is 0 Å². The minimum atomic E-state index is 0. The second-order valence-corrected chi connectivity index (χ2v) is 7.38. The monoisotopic (exact) mass is 536 g/mol. The smallest absolute Gasteiger partial charge is 0.224 e. The molecule has 8 heteroatoms. The summed E-state index contributed by atoms with van der Waals surface area (Å²) in [5.74, 6) is 1.97. The number of nitrogens with one attached hydrogen (secondary N) is 1. The zero-order valence-electron chi connectivity index (χ0n) is 18.4. The molecule has 1 aliphatic heterocycles. The molecule has 1 saturated heterocycles. The van der Waals surface area contributed by atoms with Crippen molar-refractivity contribution in [3.63, 3.8) is 0 Å². The van der Waals surface area contributed by atoms with Crippen LogP contribution >= 0.6 is 24.0 Å². The van der Waals surface area contributed by atoms with Crippen molar-refractivity contribution in [1.29, 1.82) is 0 Å². The van der Waals surface area contributed by atoms with E-state index in [2.05, 4.69) is 44.1 Å². The predicted octanol–water partition coefficient (Wildman–Crippen LogP) is 2.84. The Morgan fingerprint density at radius 2 is 1.81 bits per heavy atom. The van der Waals surface area contributed by atoms with Gasteiger partial charge in [0.25, 0.3) is 0 Å². The number of hydrogen-bond acceptors (Lipinski definition) is 4. The van der Waals surface area contributed by atoms with Crippen LogP contribution in [0.3, 0.4) is 0 Å². The van der Waals surface area contributed by atoms with E-state index >= 15 is 0 Å². The lowest BCUT2D eigenvalue weighted by Crippen LogP contribution is -2.49. The third kappa shape index (κ3) is 7.68. The van der Waals surface area contributed by atoms with Gasteiger partial charge in [-0.3, -0.25) is 9.79 Å². The molecule has 31 heavy (non-hydrogen) atoms. The number of guanidine groups is 1. The van der Waals surface area contributed by atoms with E-state index in [1.807, 2.05) is 54.5 Å². The van der Waals surface area contributed by atoms with E-state index in [1.54, 1.807) is 0 Å². The van der Waals surface area contributed by atoms with Crippen molar-refractivity contribution < 1.29 is 4.79 Å². The van der Waals surface area contributed by atoms with Gasteiger partial charge in [-0.1, -0.05) is 36.4 Å². The molecule has 0 unspecified atom stereocenters. The van der Waals surface area contributed by atoms with Crippen LogP contribution in [-0.4, -0.2) is 73.0 Å². The van der Waals surface area contributed by atoms with Crippen LogP contribution in [0.15, 0.2) is 59.7 Å². The Labute approximate surface area is 202 Å². The molecule has 1 aromatic heterocycles. The van der Waals surface area contributed by atoms with Gasteiger partial charge in [0.05, 0.1) is 6.54 Å². The quantitative estimate of drug-likeness (QED) is 0.335. The van der Waals surface area contributed by atoms with Crippen LogP contribution in [-0.2, 0) is 11.3 Å². The Hall–Kier alpha value is -2.36. The molecule has 0 bridgehead atoms. The van der Waals surface area contributed by atoms with Crippen LogP contribution in [0.4, 0.5) is 5.82 Å². The molecule has 7 nitrogen and oxygen atoms in total. The number of amides is 1. The van der Waals surface area contributed by atoms with E-state index in [4.69, 9.17) is 0 Å². The zero-order chi connectivity index (χ0) is 21.2. The summed E-state index contributed by atoms with van der Waals surface area (Å²) >= 11 is 0. The van der Waals surface area contributed by atoms with Crippen LogP contribution in [0.2, 0.25) is 0 Å². The van der Waals surface area contributed by atoms with Crippen molar-refractivity contribution in [2.75, 3.05) is 51.2 Å². The second-order valence-electron chi connectivity index (χ2n) is 7.38. The number of rotatable bonds is 7. The van der Waals surface area contributed by atoms with Gasteiger partial charge in [0.1, 0.15) is 5.82 Å². The Morgan fingerprint density at radius 3 is 2.45 bits per heavy atom. The summed E-state index contributed by atoms with van der Waals surface area (Å²) in [6.07, 6.45) is 2.24. The first-order valence-electron chi connectivity index (χ1n) is 10.6. The first-order valence-corrected chi connectivity index (χ1v) is 10.6. The molecule has 1 aromatic carbocycles. The van der Waals surface area contributed by atoms with Gasteiger partial charge < -0.3 is 20.0 Å².